The van der Waals surface area contributed by atoms with Crippen LogP contribution in [0.25, 0.3) is 10.9 Å². The Bertz CT molecular complexity index is 1260. The predicted octanol–water partition coefficient (Wildman–Crippen LogP) is 3.19. The van der Waals surface area contributed by atoms with Crippen LogP contribution in [0.1, 0.15) is 37.1 Å². The van der Waals surface area contributed by atoms with E-state index in [1.165, 1.54) is 18.2 Å². The van der Waals surface area contributed by atoms with Crippen LogP contribution in [-0.4, -0.2) is 45.3 Å². The Morgan fingerprint density at radius 2 is 2.03 bits per heavy atom. The molecule has 4 N–H and O–H groups in total. The van der Waals surface area contributed by atoms with Crippen LogP contribution in [0.5, 0.6) is 0 Å². The number of carbonyl (C=O) groups is 2. The van der Waals surface area contributed by atoms with Gasteiger partial charge in [0.05, 0.1) is 33.7 Å². The van der Waals surface area contributed by atoms with Crippen LogP contribution in [0.4, 0.5) is 11.5 Å². The van der Waals surface area contributed by atoms with E-state index < -0.39 is 0 Å². The summed E-state index contributed by atoms with van der Waals surface area (Å²) in [5, 5.41) is 28.3. The zero-order valence-electron chi connectivity index (χ0n) is 19.0. The fourth-order valence-corrected chi connectivity index (χ4v) is 4.83. The summed E-state index contributed by atoms with van der Waals surface area (Å²) in [7, 11) is 0. The van der Waals surface area contributed by atoms with E-state index in [1.807, 2.05) is 30.3 Å². The lowest BCUT2D eigenvalue weighted by molar-refractivity contribution is -0.114. The van der Waals surface area contributed by atoms with E-state index in [1.54, 1.807) is 18.2 Å². The summed E-state index contributed by atoms with van der Waals surface area (Å²) in [5.74, 6) is 1.12. The highest BCUT2D eigenvalue weighted by molar-refractivity contribution is 8.00. The van der Waals surface area contributed by atoms with Crippen LogP contribution in [0.15, 0.2) is 47.4 Å². The van der Waals surface area contributed by atoms with Crippen LogP contribution < -0.4 is 16.0 Å². The van der Waals surface area contributed by atoms with Gasteiger partial charge in [0.1, 0.15) is 17.6 Å². The lowest BCUT2D eigenvalue weighted by Crippen LogP contribution is -2.41. The average Bonchev–Trinajstić information content (AvgIpc) is 2.88. The first kappa shape index (κ1) is 24.6. The molecule has 3 heterocycles. The molecule has 35 heavy (non-hydrogen) atoms. The van der Waals surface area contributed by atoms with Gasteiger partial charge in [-0.05, 0) is 43.2 Å². The second-order valence-electron chi connectivity index (χ2n) is 8.27. The van der Waals surface area contributed by atoms with Gasteiger partial charge in [0.15, 0.2) is 0 Å². The number of benzene rings is 1. The topological polar surface area (TPSA) is 140 Å². The normalized spacial score (nSPS) is 18.9. The minimum absolute atomic E-state index is 0.00260. The molecule has 2 amide bonds. The number of carbonyl (C=O) groups excluding carboxylic acids is 2. The molecule has 180 valence electrons. The highest BCUT2D eigenvalue weighted by Gasteiger charge is 2.23. The maximum Gasteiger partial charge on any atom is 0.235 e. The number of aliphatic hydroxyl groups is 1. The van der Waals surface area contributed by atoms with E-state index in [2.05, 4.69) is 25.9 Å². The third-order valence-corrected chi connectivity index (χ3v) is 6.90. The lowest BCUT2D eigenvalue weighted by Gasteiger charge is -2.28. The van der Waals surface area contributed by atoms with Crippen molar-refractivity contribution >= 4 is 46.5 Å². The van der Waals surface area contributed by atoms with Gasteiger partial charge in [-0.25, -0.2) is 9.97 Å². The minimum Gasteiger partial charge on any atom is -0.392 e. The average molecular weight is 491 g/mol. The van der Waals surface area contributed by atoms with E-state index in [0.717, 1.165) is 35.2 Å². The molecular formula is C25H26N6O3S. The van der Waals surface area contributed by atoms with Gasteiger partial charge in [-0.15, -0.1) is 11.8 Å². The SMILES string of the molecule is N#Cc1ccc2cccc(NC=O)c2n1.O=C1CSc2ccc(CN[C@H]3CCCCC3O)nc2N1. The minimum atomic E-state index is -0.253. The van der Waals surface area contributed by atoms with Gasteiger partial charge >= 0.3 is 0 Å². The van der Waals surface area contributed by atoms with Crippen molar-refractivity contribution in [1.29, 1.82) is 5.26 Å². The summed E-state index contributed by atoms with van der Waals surface area (Å²) >= 11 is 1.52. The number of thioether (sulfide) groups is 1. The van der Waals surface area contributed by atoms with Crippen molar-refractivity contribution in [3.63, 3.8) is 0 Å². The van der Waals surface area contributed by atoms with Crippen LogP contribution in [0.3, 0.4) is 0 Å². The first-order chi connectivity index (χ1) is 17.1. The standard InChI is InChI=1S/C14H19N3O2S.C11H7N3O/c18-11-4-2-1-3-10(11)15-7-9-5-6-12-14(16-9)17-13(19)8-20-12;12-6-9-5-4-8-2-1-3-10(13-7-15)11(8)14-9/h5-6,10-11,15,18H,1-4,7-8H2,(H,16,17,19);1-5,7H,(H,13,15)/t10-,11?;/m0./s1. The monoisotopic (exact) mass is 490 g/mol. The molecule has 1 unspecified atom stereocenters. The number of anilines is 2. The van der Waals surface area contributed by atoms with Gasteiger partial charge in [0.25, 0.3) is 0 Å². The fraction of sp³-hybridized carbons (Fsp3) is 0.320. The van der Waals surface area contributed by atoms with Gasteiger partial charge in [-0.2, -0.15) is 5.26 Å². The summed E-state index contributed by atoms with van der Waals surface area (Å²) in [6.45, 7) is 0.621. The van der Waals surface area contributed by atoms with Crippen molar-refractivity contribution in [3.8, 4) is 6.07 Å². The predicted molar refractivity (Wildman–Crippen MR) is 135 cm³/mol. The number of rotatable bonds is 5. The van der Waals surface area contributed by atoms with Crippen LogP contribution >= 0.6 is 11.8 Å². The Morgan fingerprint density at radius 1 is 1.17 bits per heavy atom. The molecule has 5 rings (SSSR count). The van der Waals surface area contributed by atoms with Crippen molar-refractivity contribution in [2.45, 2.75) is 49.3 Å². The Hall–Kier alpha value is -3.52. The second-order valence-corrected chi connectivity index (χ2v) is 9.29. The summed E-state index contributed by atoms with van der Waals surface area (Å²) in [6, 6.07) is 15.0. The first-order valence-electron chi connectivity index (χ1n) is 11.4. The largest absolute Gasteiger partial charge is 0.392 e. The summed E-state index contributed by atoms with van der Waals surface area (Å²) < 4.78 is 0. The fourth-order valence-electron chi connectivity index (χ4n) is 4.08. The van der Waals surface area contributed by atoms with Crippen molar-refractivity contribution in [2.75, 3.05) is 16.4 Å². The van der Waals surface area contributed by atoms with Crippen molar-refractivity contribution < 1.29 is 14.7 Å². The van der Waals surface area contributed by atoms with Crippen molar-refractivity contribution in [3.05, 3.63) is 53.9 Å². The molecule has 2 aromatic heterocycles. The highest BCUT2D eigenvalue weighted by Crippen LogP contribution is 2.29. The smallest absolute Gasteiger partial charge is 0.235 e. The van der Waals surface area contributed by atoms with Gasteiger partial charge in [-0.3, -0.25) is 9.59 Å². The number of aromatic nitrogens is 2. The third kappa shape index (κ3) is 6.33. The number of hydrogen-bond donors (Lipinski definition) is 4. The number of fused-ring (bicyclic) bond motifs is 2. The Balaban J connectivity index is 0.000000172. The van der Waals surface area contributed by atoms with Crippen LogP contribution in [0, 0.1) is 11.3 Å². The summed E-state index contributed by atoms with van der Waals surface area (Å²) in [4.78, 5) is 31.4. The number of nitriles is 1. The summed E-state index contributed by atoms with van der Waals surface area (Å²) in [6.07, 6.45) is 4.51. The summed E-state index contributed by atoms with van der Waals surface area (Å²) in [5.41, 5.74) is 2.47. The number of para-hydroxylation sites is 1. The molecule has 2 aliphatic rings. The number of aliphatic hydroxyl groups excluding tert-OH is 1. The molecule has 0 saturated heterocycles. The number of pyridine rings is 2. The van der Waals surface area contributed by atoms with Gasteiger partial charge < -0.3 is 21.1 Å². The molecule has 1 fully saturated rings. The Morgan fingerprint density at radius 3 is 2.83 bits per heavy atom. The first-order valence-corrected chi connectivity index (χ1v) is 12.4. The number of nitrogens with zero attached hydrogens (tertiary/aromatic N) is 3. The van der Waals surface area contributed by atoms with Gasteiger partial charge in [-0.1, -0.05) is 25.0 Å². The van der Waals surface area contributed by atoms with Crippen LogP contribution in [0.2, 0.25) is 0 Å². The molecular weight excluding hydrogens is 464 g/mol. The molecule has 9 nitrogen and oxygen atoms in total. The van der Waals surface area contributed by atoms with Gasteiger partial charge in [0.2, 0.25) is 12.3 Å². The molecule has 3 aromatic rings. The molecule has 0 spiro atoms. The Labute approximate surface area is 207 Å². The molecule has 0 bridgehead atoms. The van der Waals surface area contributed by atoms with E-state index in [4.69, 9.17) is 5.26 Å². The molecule has 2 atom stereocenters. The molecule has 1 aliphatic carbocycles. The number of amides is 2. The lowest BCUT2D eigenvalue weighted by atomic mass is 9.92. The number of hydrogen-bond acceptors (Lipinski definition) is 8. The van der Waals surface area contributed by atoms with E-state index in [-0.39, 0.29) is 18.1 Å². The highest BCUT2D eigenvalue weighted by atomic mass is 32.2. The molecule has 1 aromatic carbocycles. The van der Waals surface area contributed by atoms with Crippen LogP contribution in [-0.2, 0) is 16.1 Å². The zero-order chi connectivity index (χ0) is 24.6. The van der Waals surface area contributed by atoms with Gasteiger partial charge in [0, 0.05) is 18.0 Å². The molecule has 1 aliphatic heterocycles. The molecule has 1 saturated carbocycles. The van der Waals surface area contributed by atoms with Crippen molar-refractivity contribution in [1.82, 2.24) is 15.3 Å². The number of nitrogens with one attached hydrogen (secondary N) is 3. The van der Waals surface area contributed by atoms with Crippen molar-refractivity contribution in [2.24, 2.45) is 0 Å². The third-order valence-electron chi connectivity index (χ3n) is 5.86. The quantitative estimate of drug-likeness (QED) is 0.400. The molecule has 0 radical (unpaired) electrons. The maximum atomic E-state index is 11.4. The maximum absolute atomic E-state index is 11.4. The van der Waals surface area contributed by atoms with E-state index in [9.17, 15) is 14.7 Å². The van der Waals surface area contributed by atoms with E-state index in [0.29, 0.717) is 41.4 Å². The zero-order valence-corrected chi connectivity index (χ0v) is 19.8. The van der Waals surface area contributed by atoms with E-state index >= 15 is 0 Å². The molecule has 10 heteroatoms. The Kier molecular flexibility index (Phi) is 8.26. The second kappa shape index (κ2) is 11.8.